The van der Waals surface area contributed by atoms with E-state index in [0.29, 0.717) is 27.4 Å². The van der Waals surface area contributed by atoms with Gasteiger partial charge in [0.05, 0.1) is 12.6 Å². The number of rotatable bonds is 4. The van der Waals surface area contributed by atoms with Gasteiger partial charge in [0, 0.05) is 24.1 Å². The predicted molar refractivity (Wildman–Crippen MR) is 87.5 cm³/mol. The molecule has 0 amide bonds. The molecule has 0 aliphatic rings. The van der Waals surface area contributed by atoms with Crippen LogP contribution in [-0.4, -0.2) is 17.5 Å². The van der Waals surface area contributed by atoms with Crippen molar-refractivity contribution in [2.75, 3.05) is 7.11 Å². The second-order valence-corrected chi connectivity index (χ2v) is 5.57. The average molecular weight is 332 g/mol. The number of benzene rings is 2. The summed E-state index contributed by atoms with van der Waals surface area (Å²) >= 11 is 6.17. The van der Waals surface area contributed by atoms with Crippen molar-refractivity contribution in [3.05, 3.63) is 63.1 Å². The zero-order chi connectivity index (χ0) is 16.6. The van der Waals surface area contributed by atoms with E-state index in [1.165, 1.54) is 4.57 Å². The number of ketones is 1. The maximum Gasteiger partial charge on any atom is 0.419 e. The summed E-state index contributed by atoms with van der Waals surface area (Å²) in [6.45, 7) is 0. The zero-order valence-electron chi connectivity index (χ0n) is 12.6. The maximum atomic E-state index is 12.5. The van der Waals surface area contributed by atoms with Crippen molar-refractivity contribution in [3.8, 4) is 5.75 Å². The molecule has 3 rings (SSSR count). The molecule has 5 nitrogen and oxygen atoms in total. The summed E-state index contributed by atoms with van der Waals surface area (Å²) in [6.07, 6.45) is 0.167. The zero-order valence-corrected chi connectivity index (χ0v) is 13.4. The van der Waals surface area contributed by atoms with Crippen LogP contribution in [0.25, 0.3) is 11.1 Å². The number of aryl methyl sites for hydroxylation is 1. The molecular weight excluding hydrogens is 318 g/mol. The molecule has 0 bridgehead atoms. The van der Waals surface area contributed by atoms with Crippen molar-refractivity contribution in [3.63, 3.8) is 0 Å². The fourth-order valence-electron chi connectivity index (χ4n) is 2.37. The van der Waals surface area contributed by atoms with Gasteiger partial charge in [0.1, 0.15) is 5.75 Å². The minimum absolute atomic E-state index is 0.0902. The van der Waals surface area contributed by atoms with Crippen LogP contribution < -0.4 is 10.5 Å². The number of fused-ring (bicyclic) bond motifs is 1. The van der Waals surface area contributed by atoms with Gasteiger partial charge >= 0.3 is 5.76 Å². The molecule has 0 aliphatic heterocycles. The number of hydrogen-bond donors (Lipinski definition) is 0. The van der Waals surface area contributed by atoms with Gasteiger partial charge in [-0.05, 0) is 35.9 Å². The molecule has 0 unspecified atom stereocenters. The van der Waals surface area contributed by atoms with Crippen molar-refractivity contribution >= 4 is 28.5 Å². The van der Waals surface area contributed by atoms with E-state index in [4.69, 9.17) is 20.8 Å². The summed E-state index contributed by atoms with van der Waals surface area (Å²) in [6, 6.07) is 10.1. The van der Waals surface area contributed by atoms with Crippen molar-refractivity contribution < 1.29 is 13.9 Å². The molecule has 0 radical (unpaired) electrons. The van der Waals surface area contributed by atoms with Crippen molar-refractivity contribution in [2.24, 2.45) is 7.05 Å². The summed E-state index contributed by atoms with van der Waals surface area (Å²) in [7, 11) is 3.16. The molecule has 1 heterocycles. The van der Waals surface area contributed by atoms with Gasteiger partial charge in [-0.2, -0.15) is 0 Å². The van der Waals surface area contributed by atoms with Crippen molar-refractivity contribution in [1.82, 2.24) is 4.57 Å². The van der Waals surface area contributed by atoms with Crippen molar-refractivity contribution in [2.45, 2.75) is 6.42 Å². The molecule has 0 atom stereocenters. The second-order valence-electron chi connectivity index (χ2n) is 5.17. The number of oxazole rings is 1. The standard InChI is InChI=1S/C17H14ClNO4/c1-19-14-7-11(4-6-16(14)23-17(19)21)15(20)8-10-3-5-12(22-2)9-13(10)18/h3-7,9H,8H2,1-2H3. The van der Waals surface area contributed by atoms with Crippen LogP contribution in [0.4, 0.5) is 0 Å². The van der Waals surface area contributed by atoms with E-state index in [9.17, 15) is 9.59 Å². The van der Waals surface area contributed by atoms with Crippen LogP contribution in [0.3, 0.4) is 0 Å². The highest BCUT2D eigenvalue weighted by Crippen LogP contribution is 2.24. The number of aromatic nitrogens is 1. The molecule has 6 heteroatoms. The van der Waals surface area contributed by atoms with Gasteiger partial charge in [0.2, 0.25) is 0 Å². The van der Waals surface area contributed by atoms with Crippen LogP contribution in [0.5, 0.6) is 5.75 Å². The predicted octanol–water partition coefficient (Wildman–Crippen LogP) is 3.22. The van der Waals surface area contributed by atoms with Gasteiger partial charge in [-0.15, -0.1) is 0 Å². The molecule has 118 valence electrons. The highest BCUT2D eigenvalue weighted by Gasteiger charge is 2.13. The number of Topliss-reactive ketones (excluding diaryl/α,β-unsaturated/α-hetero) is 1. The van der Waals surface area contributed by atoms with E-state index >= 15 is 0 Å². The topological polar surface area (TPSA) is 61.4 Å². The lowest BCUT2D eigenvalue weighted by molar-refractivity contribution is 0.0993. The largest absolute Gasteiger partial charge is 0.497 e. The number of ether oxygens (including phenoxy) is 1. The first kappa shape index (κ1) is 15.4. The molecule has 0 spiro atoms. The SMILES string of the molecule is COc1ccc(CC(=O)c2ccc3oc(=O)n(C)c3c2)c(Cl)c1. The van der Waals surface area contributed by atoms with Gasteiger partial charge in [0.15, 0.2) is 11.4 Å². The fourth-order valence-corrected chi connectivity index (χ4v) is 2.61. The Morgan fingerprint density at radius 3 is 2.74 bits per heavy atom. The normalized spacial score (nSPS) is 10.9. The van der Waals surface area contributed by atoms with Crippen LogP contribution in [0.2, 0.25) is 5.02 Å². The molecule has 2 aromatic carbocycles. The van der Waals surface area contributed by atoms with Crippen molar-refractivity contribution in [1.29, 1.82) is 0 Å². The van der Waals surface area contributed by atoms with E-state index in [2.05, 4.69) is 0 Å². The minimum Gasteiger partial charge on any atom is -0.497 e. The van der Waals surface area contributed by atoms with E-state index < -0.39 is 5.76 Å². The molecule has 23 heavy (non-hydrogen) atoms. The summed E-state index contributed by atoms with van der Waals surface area (Å²) in [5, 5.41) is 0.481. The highest BCUT2D eigenvalue weighted by molar-refractivity contribution is 6.31. The van der Waals surface area contributed by atoms with E-state index in [0.717, 1.165) is 5.56 Å². The molecule has 0 aliphatic carbocycles. The molecule has 0 saturated carbocycles. The third-order valence-electron chi connectivity index (χ3n) is 3.72. The Morgan fingerprint density at radius 2 is 2.04 bits per heavy atom. The Hall–Kier alpha value is -2.53. The Bertz CT molecular complexity index is 955. The highest BCUT2D eigenvalue weighted by atomic mass is 35.5. The quantitative estimate of drug-likeness (QED) is 0.689. The number of halogens is 1. The summed E-state index contributed by atoms with van der Waals surface area (Å²) < 4.78 is 11.5. The molecule has 3 aromatic rings. The molecule has 0 fully saturated rings. The van der Waals surface area contributed by atoms with Gasteiger partial charge in [0.25, 0.3) is 0 Å². The van der Waals surface area contributed by atoms with Crippen LogP contribution in [0.1, 0.15) is 15.9 Å². The van der Waals surface area contributed by atoms with E-state index in [1.807, 2.05) is 0 Å². The number of methoxy groups -OCH3 is 1. The van der Waals surface area contributed by atoms with Gasteiger partial charge in [-0.1, -0.05) is 17.7 Å². The number of carbonyl (C=O) groups excluding carboxylic acids is 1. The summed E-state index contributed by atoms with van der Waals surface area (Å²) in [5.74, 6) is 0.0939. The molecule has 0 saturated heterocycles. The lowest BCUT2D eigenvalue weighted by Crippen LogP contribution is -2.09. The monoisotopic (exact) mass is 331 g/mol. The van der Waals surface area contributed by atoms with Gasteiger partial charge < -0.3 is 9.15 Å². The first-order chi connectivity index (χ1) is 11.0. The Balaban J connectivity index is 1.91. The first-order valence-electron chi connectivity index (χ1n) is 6.95. The molecule has 0 N–H and O–H groups in total. The number of nitrogens with zero attached hydrogens (tertiary/aromatic N) is 1. The lowest BCUT2D eigenvalue weighted by atomic mass is 10.0. The molecular formula is C17H14ClNO4. The summed E-state index contributed by atoms with van der Waals surface area (Å²) in [5.41, 5.74) is 2.26. The average Bonchev–Trinajstić information content (AvgIpc) is 2.83. The molecule has 1 aromatic heterocycles. The third kappa shape index (κ3) is 2.87. The van der Waals surface area contributed by atoms with Gasteiger partial charge in [-0.25, -0.2) is 4.79 Å². The van der Waals surface area contributed by atoms with Crippen LogP contribution in [0, 0.1) is 0 Å². The fraction of sp³-hybridized carbons (Fsp3) is 0.176. The smallest absolute Gasteiger partial charge is 0.419 e. The third-order valence-corrected chi connectivity index (χ3v) is 4.08. The van der Waals surface area contributed by atoms with Crippen LogP contribution in [0.15, 0.2) is 45.6 Å². The first-order valence-corrected chi connectivity index (χ1v) is 7.32. The van der Waals surface area contributed by atoms with Gasteiger partial charge in [-0.3, -0.25) is 9.36 Å². The van der Waals surface area contributed by atoms with Crippen LogP contribution in [-0.2, 0) is 13.5 Å². The Kier molecular flexibility index (Phi) is 3.96. The van der Waals surface area contributed by atoms with E-state index in [1.54, 1.807) is 50.6 Å². The number of hydrogen-bond acceptors (Lipinski definition) is 4. The van der Waals surface area contributed by atoms with Crippen LogP contribution >= 0.6 is 11.6 Å². The lowest BCUT2D eigenvalue weighted by Gasteiger charge is -2.06. The minimum atomic E-state index is -0.456. The van der Waals surface area contributed by atoms with E-state index in [-0.39, 0.29) is 12.2 Å². The summed E-state index contributed by atoms with van der Waals surface area (Å²) in [4.78, 5) is 24.0. The number of carbonyl (C=O) groups is 1. The Labute approximate surface area is 137 Å². The maximum absolute atomic E-state index is 12.5. The second kappa shape index (κ2) is 5.93. The Morgan fingerprint density at radius 1 is 1.26 bits per heavy atom.